The van der Waals surface area contributed by atoms with E-state index in [1.54, 1.807) is 29.2 Å². The Balaban J connectivity index is 1.62. The number of anilines is 1. The molecule has 1 aromatic carbocycles. The predicted molar refractivity (Wildman–Crippen MR) is 104 cm³/mol. The Kier molecular flexibility index (Phi) is 5.96. The molecule has 0 bridgehead atoms. The quantitative estimate of drug-likeness (QED) is 0.797. The van der Waals surface area contributed by atoms with Crippen molar-refractivity contribution in [2.75, 3.05) is 18.0 Å². The maximum absolute atomic E-state index is 12.6. The summed E-state index contributed by atoms with van der Waals surface area (Å²) in [4.78, 5) is 51.1. The molecule has 0 spiro atoms. The number of nitrogens with zero attached hydrogens (tertiary/aromatic N) is 2. The normalized spacial score (nSPS) is 22.7. The molecule has 150 valence electrons. The van der Waals surface area contributed by atoms with Gasteiger partial charge in [0.25, 0.3) is 5.91 Å². The molecule has 28 heavy (non-hydrogen) atoms. The van der Waals surface area contributed by atoms with Gasteiger partial charge in [-0.25, -0.2) is 0 Å². The number of amides is 4. The van der Waals surface area contributed by atoms with E-state index in [0.717, 1.165) is 18.5 Å². The number of nitrogens with two attached hydrogens (primary N) is 1. The lowest BCUT2D eigenvalue weighted by Crippen LogP contribution is -2.56. The lowest BCUT2D eigenvalue weighted by molar-refractivity contribution is -0.139. The van der Waals surface area contributed by atoms with Crippen molar-refractivity contribution in [3.63, 3.8) is 0 Å². The van der Waals surface area contributed by atoms with Gasteiger partial charge in [-0.2, -0.15) is 0 Å². The molecule has 2 unspecified atom stereocenters. The summed E-state index contributed by atoms with van der Waals surface area (Å²) in [7, 11) is 0. The minimum atomic E-state index is -0.705. The smallest absolute Gasteiger partial charge is 0.251 e. The first-order valence-corrected chi connectivity index (χ1v) is 9.64. The highest BCUT2D eigenvalue weighted by molar-refractivity contribution is 5.97. The first kappa shape index (κ1) is 19.9. The highest BCUT2D eigenvalue weighted by atomic mass is 16.2. The second-order valence-electron chi connectivity index (χ2n) is 7.37. The first-order valence-electron chi connectivity index (χ1n) is 9.64. The Hall–Kier alpha value is -2.90. The SMILES string of the molecule is CC(=O)N1CCC(NC(=O)c2ccc(N3CCCCC3=O)cc2)CC1C(N)=O. The number of piperidine rings is 2. The van der Waals surface area contributed by atoms with E-state index in [0.29, 0.717) is 37.9 Å². The number of carbonyl (C=O) groups excluding carboxylic acids is 4. The van der Waals surface area contributed by atoms with E-state index in [1.165, 1.54) is 11.8 Å². The van der Waals surface area contributed by atoms with Crippen molar-refractivity contribution >= 4 is 29.3 Å². The van der Waals surface area contributed by atoms with Crippen LogP contribution in [0.4, 0.5) is 5.69 Å². The topological polar surface area (TPSA) is 113 Å². The highest BCUT2D eigenvalue weighted by Gasteiger charge is 2.34. The molecule has 2 saturated heterocycles. The summed E-state index contributed by atoms with van der Waals surface area (Å²) in [5.41, 5.74) is 6.70. The summed E-state index contributed by atoms with van der Waals surface area (Å²) in [5.74, 6) is -0.902. The molecule has 3 rings (SSSR count). The number of carbonyl (C=O) groups is 4. The van der Waals surface area contributed by atoms with Crippen LogP contribution in [0.15, 0.2) is 24.3 Å². The van der Waals surface area contributed by atoms with Gasteiger partial charge in [-0.3, -0.25) is 19.2 Å². The molecular formula is C20H26N4O4. The molecule has 2 heterocycles. The van der Waals surface area contributed by atoms with Crippen LogP contribution in [0.25, 0.3) is 0 Å². The number of hydrogen-bond donors (Lipinski definition) is 2. The third kappa shape index (κ3) is 4.32. The van der Waals surface area contributed by atoms with Crippen LogP contribution in [0.5, 0.6) is 0 Å². The van der Waals surface area contributed by atoms with Crippen molar-refractivity contribution < 1.29 is 19.2 Å². The number of primary amides is 1. The van der Waals surface area contributed by atoms with Crippen molar-refractivity contribution in [2.45, 2.75) is 51.1 Å². The van der Waals surface area contributed by atoms with Gasteiger partial charge in [0.15, 0.2) is 0 Å². The van der Waals surface area contributed by atoms with E-state index < -0.39 is 11.9 Å². The number of hydrogen-bond acceptors (Lipinski definition) is 4. The zero-order valence-electron chi connectivity index (χ0n) is 16.0. The molecule has 2 fully saturated rings. The van der Waals surface area contributed by atoms with Crippen LogP contribution >= 0.6 is 0 Å². The third-order valence-corrected chi connectivity index (χ3v) is 5.44. The zero-order chi connectivity index (χ0) is 20.3. The van der Waals surface area contributed by atoms with Crippen LogP contribution in [-0.4, -0.2) is 53.7 Å². The Morgan fingerprint density at radius 2 is 1.82 bits per heavy atom. The molecule has 2 aliphatic heterocycles. The summed E-state index contributed by atoms with van der Waals surface area (Å²) in [6, 6.07) is 6.02. The van der Waals surface area contributed by atoms with Crippen LogP contribution in [0.2, 0.25) is 0 Å². The lowest BCUT2D eigenvalue weighted by Gasteiger charge is -2.37. The predicted octanol–water partition coefficient (Wildman–Crippen LogP) is 0.798. The molecule has 8 heteroatoms. The van der Waals surface area contributed by atoms with Gasteiger partial charge in [0, 0.05) is 43.7 Å². The second-order valence-corrected chi connectivity index (χ2v) is 7.37. The average Bonchev–Trinajstić information content (AvgIpc) is 2.68. The highest BCUT2D eigenvalue weighted by Crippen LogP contribution is 2.22. The van der Waals surface area contributed by atoms with Crippen LogP contribution in [0.3, 0.4) is 0 Å². The second kappa shape index (κ2) is 8.41. The van der Waals surface area contributed by atoms with Gasteiger partial charge in [0.05, 0.1) is 0 Å². The Morgan fingerprint density at radius 1 is 1.11 bits per heavy atom. The summed E-state index contributed by atoms with van der Waals surface area (Å²) in [6.07, 6.45) is 3.33. The molecule has 8 nitrogen and oxygen atoms in total. The molecule has 1 aromatic rings. The van der Waals surface area contributed by atoms with E-state index in [4.69, 9.17) is 5.73 Å². The monoisotopic (exact) mass is 386 g/mol. The third-order valence-electron chi connectivity index (χ3n) is 5.44. The van der Waals surface area contributed by atoms with Crippen molar-refractivity contribution in [1.29, 1.82) is 0 Å². The lowest BCUT2D eigenvalue weighted by atomic mass is 9.96. The van der Waals surface area contributed by atoms with Gasteiger partial charge >= 0.3 is 0 Å². The van der Waals surface area contributed by atoms with Gasteiger partial charge in [-0.1, -0.05) is 0 Å². The van der Waals surface area contributed by atoms with Gasteiger partial charge in [-0.15, -0.1) is 0 Å². The number of rotatable bonds is 4. The molecule has 4 amide bonds. The number of benzene rings is 1. The van der Waals surface area contributed by atoms with E-state index in [1.807, 2.05) is 0 Å². The van der Waals surface area contributed by atoms with Crippen LogP contribution < -0.4 is 16.0 Å². The first-order chi connectivity index (χ1) is 13.4. The molecule has 0 radical (unpaired) electrons. The van der Waals surface area contributed by atoms with Gasteiger partial charge in [0.1, 0.15) is 6.04 Å². The van der Waals surface area contributed by atoms with E-state index in [2.05, 4.69) is 5.32 Å². The van der Waals surface area contributed by atoms with Gasteiger partial charge in [-0.05, 0) is 49.9 Å². The zero-order valence-corrected chi connectivity index (χ0v) is 16.0. The van der Waals surface area contributed by atoms with E-state index >= 15 is 0 Å². The van der Waals surface area contributed by atoms with Crippen molar-refractivity contribution in [1.82, 2.24) is 10.2 Å². The minimum Gasteiger partial charge on any atom is -0.368 e. The summed E-state index contributed by atoms with van der Waals surface area (Å²) < 4.78 is 0. The fourth-order valence-electron chi connectivity index (χ4n) is 3.88. The number of likely N-dealkylation sites (tertiary alicyclic amines) is 1. The van der Waals surface area contributed by atoms with Crippen molar-refractivity contribution in [3.8, 4) is 0 Å². The molecule has 0 aliphatic carbocycles. The number of nitrogens with one attached hydrogen (secondary N) is 1. The van der Waals surface area contributed by atoms with E-state index in [9.17, 15) is 19.2 Å². The molecule has 0 saturated carbocycles. The minimum absolute atomic E-state index is 0.109. The maximum Gasteiger partial charge on any atom is 0.251 e. The Labute approximate surface area is 164 Å². The molecular weight excluding hydrogens is 360 g/mol. The average molecular weight is 386 g/mol. The van der Waals surface area contributed by atoms with Crippen LogP contribution in [-0.2, 0) is 14.4 Å². The fraction of sp³-hybridized carbons (Fsp3) is 0.500. The van der Waals surface area contributed by atoms with Crippen LogP contribution in [0.1, 0.15) is 49.4 Å². The maximum atomic E-state index is 12.6. The van der Waals surface area contributed by atoms with Gasteiger partial charge in [0.2, 0.25) is 17.7 Å². The summed E-state index contributed by atoms with van der Waals surface area (Å²) in [5, 5.41) is 2.92. The molecule has 3 N–H and O–H groups in total. The largest absolute Gasteiger partial charge is 0.368 e. The summed E-state index contributed by atoms with van der Waals surface area (Å²) in [6.45, 7) is 2.49. The molecule has 2 aliphatic rings. The standard InChI is InChI=1S/C20H26N4O4/c1-13(25)23-11-9-15(12-17(23)19(21)27)22-20(28)14-5-7-16(8-6-14)24-10-3-2-4-18(24)26/h5-8,15,17H,2-4,9-12H2,1H3,(H2,21,27)(H,22,28). The van der Waals surface area contributed by atoms with Crippen LogP contribution in [0, 0.1) is 0 Å². The molecule has 2 atom stereocenters. The Morgan fingerprint density at radius 3 is 2.43 bits per heavy atom. The van der Waals surface area contributed by atoms with Gasteiger partial charge < -0.3 is 20.9 Å². The Bertz CT molecular complexity index is 777. The molecule has 0 aromatic heterocycles. The summed E-state index contributed by atoms with van der Waals surface area (Å²) >= 11 is 0. The van der Waals surface area contributed by atoms with Crippen molar-refractivity contribution in [3.05, 3.63) is 29.8 Å². The van der Waals surface area contributed by atoms with Crippen molar-refractivity contribution in [2.24, 2.45) is 5.73 Å². The van der Waals surface area contributed by atoms with E-state index in [-0.39, 0.29) is 23.8 Å². The fourth-order valence-corrected chi connectivity index (χ4v) is 3.88.